The molecule has 1 N–H and O–H groups in total. The van der Waals surface area contributed by atoms with Crippen LogP contribution >= 0.6 is 15.9 Å². The lowest BCUT2D eigenvalue weighted by Crippen LogP contribution is -2.26. The molecule has 0 radical (unpaired) electrons. The molecule has 0 aliphatic heterocycles. The van der Waals surface area contributed by atoms with Crippen molar-refractivity contribution in [3.63, 3.8) is 0 Å². The summed E-state index contributed by atoms with van der Waals surface area (Å²) in [5.41, 5.74) is 3.14. The molecule has 0 aliphatic carbocycles. The number of aryl methyl sites for hydroxylation is 1. The van der Waals surface area contributed by atoms with Crippen LogP contribution in [-0.2, 0) is 15.4 Å². The Labute approximate surface area is 134 Å². The Bertz CT molecular complexity index is 694. The van der Waals surface area contributed by atoms with E-state index in [9.17, 15) is 8.42 Å². The molecular formula is C16H18BrNO2S. The molecule has 112 valence electrons. The van der Waals surface area contributed by atoms with Crippen molar-refractivity contribution in [2.45, 2.75) is 30.1 Å². The van der Waals surface area contributed by atoms with Crippen molar-refractivity contribution in [2.24, 2.45) is 0 Å². The third kappa shape index (κ3) is 4.15. The fourth-order valence-corrected chi connectivity index (χ4v) is 3.59. The highest BCUT2D eigenvalue weighted by atomic mass is 79.9. The Kier molecular flexibility index (Phi) is 5.19. The molecule has 0 saturated heterocycles. The van der Waals surface area contributed by atoms with Gasteiger partial charge in [0.25, 0.3) is 0 Å². The molecule has 2 aromatic carbocycles. The van der Waals surface area contributed by atoms with Crippen LogP contribution < -0.4 is 4.72 Å². The van der Waals surface area contributed by atoms with E-state index in [4.69, 9.17) is 0 Å². The molecule has 0 amide bonds. The van der Waals surface area contributed by atoms with Gasteiger partial charge in [0.05, 0.1) is 4.90 Å². The molecule has 0 spiro atoms. The summed E-state index contributed by atoms with van der Waals surface area (Å²) in [4.78, 5) is 0.283. The predicted octanol–water partition coefficient (Wildman–Crippen LogP) is 3.93. The van der Waals surface area contributed by atoms with E-state index < -0.39 is 10.0 Å². The first-order chi connectivity index (χ1) is 9.92. The van der Waals surface area contributed by atoms with Crippen molar-refractivity contribution in [1.29, 1.82) is 0 Å². The smallest absolute Gasteiger partial charge is 0.207 e. The first-order valence-electron chi connectivity index (χ1n) is 6.66. The maximum atomic E-state index is 12.4. The van der Waals surface area contributed by atoms with Crippen LogP contribution in [0.25, 0.3) is 0 Å². The van der Waals surface area contributed by atoms with E-state index in [0.29, 0.717) is 5.33 Å². The van der Waals surface area contributed by atoms with Gasteiger partial charge in [-0.1, -0.05) is 57.9 Å². The number of hydrogen-bond donors (Lipinski definition) is 1. The Morgan fingerprint density at radius 1 is 1.05 bits per heavy atom. The van der Waals surface area contributed by atoms with Gasteiger partial charge >= 0.3 is 0 Å². The molecule has 21 heavy (non-hydrogen) atoms. The maximum Gasteiger partial charge on any atom is 0.241 e. The Morgan fingerprint density at radius 2 is 1.62 bits per heavy atom. The predicted molar refractivity (Wildman–Crippen MR) is 89.0 cm³/mol. The van der Waals surface area contributed by atoms with Crippen LogP contribution in [0.4, 0.5) is 0 Å². The minimum Gasteiger partial charge on any atom is -0.207 e. The molecule has 0 aliphatic rings. The topological polar surface area (TPSA) is 46.2 Å². The SMILES string of the molecule is Cc1ccc(C(C)NS(=O)(=O)c2ccc(CBr)cc2)cc1. The first-order valence-corrected chi connectivity index (χ1v) is 9.26. The summed E-state index contributed by atoms with van der Waals surface area (Å²) >= 11 is 3.34. The molecule has 0 bridgehead atoms. The molecule has 5 heteroatoms. The van der Waals surface area contributed by atoms with Gasteiger partial charge in [0, 0.05) is 11.4 Å². The van der Waals surface area contributed by atoms with Gasteiger partial charge in [-0.05, 0) is 37.1 Å². The highest BCUT2D eigenvalue weighted by molar-refractivity contribution is 9.08. The third-order valence-electron chi connectivity index (χ3n) is 3.30. The average Bonchev–Trinajstić information content (AvgIpc) is 2.47. The highest BCUT2D eigenvalue weighted by Gasteiger charge is 2.18. The van der Waals surface area contributed by atoms with Crippen molar-refractivity contribution in [3.05, 3.63) is 65.2 Å². The lowest BCUT2D eigenvalue weighted by atomic mass is 10.1. The van der Waals surface area contributed by atoms with Gasteiger partial charge in [0.2, 0.25) is 10.0 Å². The monoisotopic (exact) mass is 367 g/mol. The van der Waals surface area contributed by atoms with Gasteiger partial charge in [0.15, 0.2) is 0 Å². The minimum atomic E-state index is -3.51. The van der Waals surface area contributed by atoms with Crippen molar-refractivity contribution < 1.29 is 8.42 Å². The molecule has 3 nitrogen and oxygen atoms in total. The van der Waals surface area contributed by atoms with Crippen molar-refractivity contribution in [3.8, 4) is 0 Å². The van der Waals surface area contributed by atoms with Crippen LogP contribution in [0.5, 0.6) is 0 Å². The Morgan fingerprint density at radius 3 is 2.14 bits per heavy atom. The summed E-state index contributed by atoms with van der Waals surface area (Å²) < 4.78 is 27.4. The first kappa shape index (κ1) is 16.2. The standard InChI is InChI=1S/C16H18BrNO2S/c1-12-3-7-15(8-4-12)13(2)18-21(19,20)16-9-5-14(11-17)6-10-16/h3-10,13,18H,11H2,1-2H3. The molecule has 0 saturated carbocycles. The summed E-state index contributed by atoms with van der Waals surface area (Å²) in [6.07, 6.45) is 0. The fourth-order valence-electron chi connectivity index (χ4n) is 1.98. The zero-order valence-corrected chi connectivity index (χ0v) is 14.4. The number of sulfonamides is 1. The quantitative estimate of drug-likeness (QED) is 0.813. The van der Waals surface area contributed by atoms with Crippen molar-refractivity contribution in [2.75, 3.05) is 0 Å². The molecule has 0 fully saturated rings. The number of benzene rings is 2. The molecule has 0 aromatic heterocycles. The van der Waals surface area contributed by atoms with Gasteiger partial charge in [-0.15, -0.1) is 0 Å². The van der Waals surface area contributed by atoms with E-state index in [1.165, 1.54) is 0 Å². The zero-order chi connectivity index (χ0) is 15.5. The molecule has 1 unspecified atom stereocenters. The molecule has 2 rings (SSSR count). The second kappa shape index (κ2) is 6.73. The third-order valence-corrected chi connectivity index (χ3v) is 5.50. The number of hydrogen-bond acceptors (Lipinski definition) is 2. The number of rotatable bonds is 5. The second-order valence-electron chi connectivity index (χ2n) is 5.03. The Balaban J connectivity index is 2.17. The van der Waals surface area contributed by atoms with Gasteiger partial charge < -0.3 is 0 Å². The summed E-state index contributed by atoms with van der Waals surface area (Å²) in [5, 5.41) is 0.709. The zero-order valence-electron chi connectivity index (χ0n) is 12.0. The van der Waals surface area contributed by atoms with Crippen molar-refractivity contribution >= 4 is 26.0 Å². The lowest BCUT2D eigenvalue weighted by Gasteiger charge is -2.15. The van der Waals surface area contributed by atoms with Crippen LogP contribution in [0.2, 0.25) is 0 Å². The van der Waals surface area contributed by atoms with E-state index in [-0.39, 0.29) is 10.9 Å². The average molecular weight is 368 g/mol. The van der Waals surface area contributed by atoms with E-state index in [1.807, 2.05) is 38.1 Å². The van der Waals surface area contributed by atoms with E-state index in [0.717, 1.165) is 16.7 Å². The van der Waals surface area contributed by atoms with Gasteiger partial charge in [0.1, 0.15) is 0 Å². The van der Waals surface area contributed by atoms with Gasteiger partial charge in [-0.2, -0.15) is 0 Å². The highest BCUT2D eigenvalue weighted by Crippen LogP contribution is 2.18. The van der Waals surface area contributed by atoms with Gasteiger partial charge in [-0.3, -0.25) is 0 Å². The van der Waals surface area contributed by atoms with E-state index in [1.54, 1.807) is 24.3 Å². The van der Waals surface area contributed by atoms with E-state index in [2.05, 4.69) is 20.7 Å². The van der Waals surface area contributed by atoms with E-state index >= 15 is 0 Å². The molecule has 0 heterocycles. The van der Waals surface area contributed by atoms with Crippen LogP contribution in [0.3, 0.4) is 0 Å². The molecular weight excluding hydrogens is 350 g/mol. The molecule has 1 atom stereocenters. The normalized spacial score (nSPS) is 13.1. The van der Waals surface area contributed by atoms with Crippen LogP contribution in [0, 0.1) is 6.92 Å². The van der Waals surface area contributed by atoms with Gasteiger partial charge in [-0.25, -0.2) is 13.1 Å². The summed E-state index contributed by atoms with van der Waals surface area (Å²) in [7, 11) is -3.51. The summed E-state index contributed by atoms with van der Waals surface area (Å²) in [5.74, 6) is 0. The number of alkyl halides is 1. The number of nitrogens with one attached hydrogen (secondary N) is 1. The second-order valence-corrected chi connectivity index (χ2v) is 7.31. The van der Waals surface area contributed by atoms with Crippen LogP contribution in [0.1, 0.15) is 29.7 Å². The lowest BCUT2D eigenvalue weighted by molar-refractivity contribution is 0.567. The van der Waals surface area contributed by atoms with Crippen LogP contribution in [0.15, 0.2) is 53.4 Å². The van der Waals surface area contributed by atoms with Crippen molar-refractivity contribution in [1.82, 2.24) is 4.72 Å². The maximum absolute atomic E-state index is 12.4. The minimum absolute atomic E-state index is 0.272. The number of halogens is 1. The Hall–Kier alpha value is -1.17. The molecule has 2 aromatic rings. The largest absolute Gasteiger partial charge is 0.241 e. The summed E-state index contributed by atoms with van der Waals surface area (Å²) in [6.45, 7) is 3.85. The fraction of sp³-hybridized carbons (Fsp3) is 0.250. The summed E-state index contributed by atoms with van der Waals surface area (Å²) in [6, 6.07) is 14.4. The van der Waals surface area contributed by atoms with Crippen LogP contribution in [-0.4, -0.2) is 8.42 Å².